The molecule has 2 atom stereocenters. The molecule has 4 N–H and O–H groups in total. The molecule has 0 aromatic rings. The summed E-state index contributed by atoms with van der Waals surface area (Å²) in [5, 5.41) is 5.57. The van der Waals surface area contributed by atoms with Crippen LogP contribution in [-0.2, 0) is 23.9 Å². The first kappa shape index (κ1) is 26.3. The molecule has 28 heavy (non-hydrogen) atoms. The maximum atomic E-state index is 12.9. The standard InChI is InChI=1S/C20H39N3O5/c1-12(2)27-20(9,28-13(3)4)18(26)23-15(10-11-16(21)24)17(25)22-14(5)19(6,7)8/h12-15H,10-11H2,1-9H3,(H2,21,24)(H,22,25)(H,23,26). The molecule has 0 saturated carbocycles. The molecule has 0 fully saturated rings. The maximum absolute atomic E-state index is 12.9. The van der Waals surface area contributed by atoms with Gasteiger partial charge in [0.2, 0.25) is 17.6 Å². The smallest absolute Gasteiger partial charge is 0.280 e. The van der Waals surface area contributed by atoms with E-state index in [0.29, 0.717) is 0 Å². The Labute approximate surface area is 169 Å². The molecule has 8 heteroatoms. The number of rotatable bonds is 11. The summed E-state index contributed by atoms with van der Waals surface area (Å²) in [4.78, 5) is 36.9. The predicted molar refractivity (Wildman–Crippen MR) is 108 cm³/mol. The first-order chi connectivity index (χ1) is 12.6. The molecule has 3 amide bonds. The molecule has 0 aromatic heterocycles. The van der Waals surface area contributed by atoms with E-state index < -0.39 is 23.6 Å². The van der Waals surface area contributed by atoms with E-state index >= 15 is 0 Å². The van der Waals surface area contributed by atoms with Crippen molar-refractivity contribution in [1.29, 1.82) is 0 Å². The van der Waals surface area contributed by atoms with Crippen LogP contribution in [0.4, 0.5) is 0 Å². The molecule has 164 valence electrons. The number of ether oxygens (including phenoxy) is 2. The minimum atomic E-state index is -1.57. The number of hydrogen-bond acceptors (Lipinski definition) is 5. The monoisotopic (exact) mass is 401 g/mol. The zero-order chi connectivity index (χ0) is 22.3. The number of carbonyl (C=O) groups excluding carboxylic acids is 3. The first-order valence-corrected chi connectivity index (χ1v) is 9.83. The Balaban J connectivity index is 5.45. The zero-order valence-corrected chi connectivity index (χ0v) is 18.8. The van der Waals surface area contributed by atoms with Gasteiger partial charge in [-0.2, -0.15) is 0 Å². The second-order valence-electron chi connectivity index (χ2n) is 8.91. The Morgan fingerprint density at radius 3 is 1.71 bits per heavy atom. The van der Waals surface area contributed by atoms with Crippen LogP contribution >= 0.6 is 0 Å². The van der Waals surface area contributed by atoms with E-state index in [2.05, 4.69) is 10.6 Å². The van der Waals surface area contributed by atoms with E-state index in [1.54, 1.807) is 27.7 Å². The number of hydrogen-bond donors (Lipinski definition) is 3. The fourth-order valence-electron chi connectivity index (χ4n) is 2.41. The highest BCUT2D eigenvalue weighted by atomic mass is 16.7. The molecule has 0 rings (SSSR count). The van der Waals surface area contributed by atoms with Crippen LogP contribution in [0, 0.1) is 5.41 Å². The van der Waals surface area contributed by atoms with Crippen LogP contribution in [0.2, 0.25) is 0 Å². The highest BCUT2D eigenvalue weighted by Gasteiger charge is 2.40. The van der Waals surface area contributed by atoms with E-state index in [-0.39, 0.29) is 42.4 Å². The molecular weight excluding hydrogens is 362 g/mol. The van der Waals surface area contributed by atoms with Crippen molar-refractivity contribution in [2.75, 3.05) is 0 Å². The third-order valence-electron chi connectivity index (χ3n) is 4.29. The summed E-state index contributed by atoms with van der Waals surface area (Å²) in [6.45, 7) is 16.6. The van der Waals surface area contributed by atoms with Crippen molar-refractivity contribution in [3.05, 3.63) is 0 Å². The summed E-state index contributed by atoms with van der Waals surface area (Å²) in [6.07, 6.45) is -0.486. The number of primary amides is 1. The van der Waals surface area contributed by atoms with E-state index in [4.69, 9.17) is 15.2 Å². The lowest BCUT2D eigenvalue weighted by molar-refractivity contribution is -0.247. The minimum Gasteiger partial charge on any atom is -0.370 e. The Morgan fingerprint density at radius 1 is 0.893 bits per heavy atom. The number of amides is 3. The molecule has 0 aromatic carbocycles. The van der Waals surface area contributed by atoms with Crippen molar-refractivity contribution in [2.45, 2.75) is 105 Å². The van der Waals surface area contributed by atoms with Gasteiger partial charge in [0.15, 0.2) is 0 Å². The minimum absolute atomic E-state index is 0.0327. The van der Waals surface area contributed by atoms with Crippen molar-refractivity contribution < 1.29 is 23.9 Å². The van der Waals surface area contributed by atoms with Gasteiger partial charge in [-0.15, -0.1) is 0 Å². The fraction of sp³-hybridized carbons (Fsp3) is 0.850. The van der Waals surface area contributed by atoms with Crippen molar-refractivity contribution in [2.24, 2.45) is 11.1 Å². The van der Waals surface area contributed by atoms with Gasteiger partial charge >= 0.3 is 0 Å². The number of carbonyl (C=O) groups is 3. The molecule has 2 unspecified atom stereocenters. The second-order valence-corrected chi connectivity index (χ2v) is 8.91. The Hall–Kier alpha value is -1.67. The number of nitrogens with one attached hydrogen (secondary N) is 2. The van der Waals surface area contributed by atoms with Crippen LogP contribution in [0.25, 0.3) is 0 Å². The molecule has 0 saturated heterocycles. The van der Waals surface area contributed by atoms with Gasteiger partial charge in [-0.3, -0.25) is 14.4 Å². The van der Waals surface area contributed by atoms with Crippen LogP contribution in [0.1, 0.15) is 75.2 Å². The van der Waals surface area contributed by atoms with Crippen LogP contribution in [0.5, 0.6) is 0 Å². The average molecular weight is 402 g/mol. The summed E-state index contributed by atoms with van der Waals surface area (Å²) in [5.74, 6) is -3.07. The molecule has 0 radical (unpaired) electrons. The van der Waals surface area contributed by atoms with Gasteiger partial charge in [0.05, 0.1) is 12.2 Å². The van der Waals surface area contributed by atoms with Gasteiger partial charge in [0.25, 0.3) is 5.91 Å². The zero-order valence-electron chi connectivity index (χ0n) is 18.8. The topological polar surface area (TPSA) is 120 Å². The lowest BCUT2D eigenvalue weighted by Crippen LogP contribution is -2.58. The summed E-state index contributed by atoms with van der Waals surface area (Å²) in [7, 11) is 0. The summed E-state index contributed by atoms with van der Waals surface area (Å²) in [5.41, 5.74) is 5.06. The van der Waals surface area contributed by atoms with Gasteiger partial charge in [-0.1, -0.05) is 20.8 Å². The molecular formula is C20H39N3O5. The van der Waals surface area contributed by atoms with Crippen LogP contribution in [0.15, 0.2) is 0 Å². The molecule has 0 aliphatic heterocycles. The first-order valence-electron chi connectivity index (χ1n) is 9.83. The predicted octanol–water partition coefficient (Wildman–Crippen LogP) is 1.85. The Bertz CT molecular complexity index is 530. The third kappa shape index (κ3) is 9.50. The molecule has 8 nitrogen and oxygen atoms in total. The molecule has 0 aliphatic rings. The van der Waals surface area contributed by atoms with Gasteiger partial charge in [0.1, 0.15) is 6.04 Å². The quantitative estimate of drug-likeness (QED) is 0.456. The van der Waals surface area contributed by atoms with E-state index in [1.807, 2.05) is 27.7 Å². The molecule has 0 heterocycles. The lowest BCUT2D eigenvalue weighted by atomic mass is 9.88. The van der Waals surface area contributed by atoms with Gasteiger partial charge in [-0.05, 0) is 53.4 Å². The highest BCUT2D eigenvalue weighted by Crippen LogP contribution is 2.20. The maximum Gasteiger partial charge on any atom is 0.280 e. The Morgan fingerprint density at radius 2 is 1.36 bits per heavy atom. The third-order valence-corrected chi connectivity index (χ3v) is 4.29. The lowest BCUT2D eigenvalue weighted by Gasteiger charge is -2.34. The van der Waals surface area contributed by atoms with Gasteiger partial charge in [0, 0.05) is 12.5 Å². The largest absolute Gasteiger partial charge is 0.370 e. The summed E-state index contributed by atoms with van der Waals surface area (Å²) < 4.78 is 11.4. The van der Waals surface area contributed by atoms with Crippen molar-refractivity contribution in [1.82, 2.24) is 10.6 Å². The Kier molecular flexibility index (Phi) is 10.1. The molecule has 0 spiro atoms. The molecule has 0 aliphatic carbocycles. The van der Waals surface area contributed by atoms with Crippen LogP contribution in [-0.4, -0.2) is 47.8 Å². The SMILES string of the molecule is CC(C)OC(C)(OC(C)C)C(=O)NC(CCC(N)=O)C(=O)NC(C)C(C)(C)C. The summed E-state index contributed by atoms with van der Waals surface area (Å²) >= 11 is 0. The summed E-state index contributed by atoms with van der Waals surface area (Å²) in [6, 6.07) is -1.08. The molecule has 0 bridgehead atoms. The van der Waals surface area contributed by atoms with Crippen LogP contribution in [0.3, 0.4) is 0 Å². The highest BCUT2D eigenvalue weighted by molar-refractivity contribution is 5.91. The van der Waals surface area contributed by atoms with E-state index in [0.717, 1.165) is 0 Å². The van der Waals surface area contributed by atoms with E-state index in [1.165, 1.54) is 6.92 Å². The van der Waals surface area contributed by atoms with Crippen LogP contribution < -0.4 is 16.4 Å². The van der Waals surface area contributed by atoms with Crippen molar-refractivity contribution in [3.63, 3.8) is 0 Å². The van der Waals surface area contributed by atoms with Gasteiger partial charge in [-0.25, -0.2) is 0 Å². The van der Waals surface area contributed by atoms with Crippen molar-refractivity contribution in [3.8, 4) is 0 Å². The number of nitrogens with two attached hydrogens (primary N) is 1. The normalized spacial score (nSPS) is 14.7. The van der Waals surface area contributed by atoms with E-state index in [9.17, 15) is 14.4 Å². The van der Waals surface area contributed by atoms with Crippen molar-refractivity contribution >= 4 is 17.7 Å². The second kappa shape index (κ2) is 10.8. The fourth-order valence-corrected chi connectivity index (χ4v) is 2.41. The average Bonchev–Trinajstić information content (AvgIpc) is 2.47. The van der Waals surface area contributed by atoms with Gasteiger partial charge < -0.3 is 25.8 Å².